The van der Waals surface area contributed by atoms with E-state index >= 15 is 0 Å². The molecule has 1 saturated heterocycles. The van der Waals surface area contributed by atoms with Gasteiger partial charge in [0, 0.05) is 9.79 Å². The van der Waals surface area contributed by atoms with E-state index in [2.05, 4.69) is 0 Å². The fourth-order valence-corrected chi connectivity index (χ4v) is 4.88. The summed E-state index contributed by atoms with van der Waals surface area (Å²) in [6, 6.07) is 20.0. The fraction of sp³-hybridized carbons (Fsp3) is 0.316. The van der Waals surface area contributed by atoms with Crippen molar-refractivity contribution in [2.75, 3.05) is 6.61 Å². The molecule has 0 saturated carbocycles. The van der Waals surface area contributed by atoms with E-state index in [0.29, 0.717) is 6.61 Å². The maximum absolute atomic E-state index is 13.0. The number of benzene rings is 2. The first-order valence-electron chi connectivity index (χ1n) is 7.82. The first-order valence-corrected chi connectivity index (χ1v) is 9.58. The third kappa shape index (κ3) is 4.63. The molecule has 2 aromatic carbocycles. The highest BCUT2D eigenvalue weighted by Crippen LogP contribution is 2.38. The van der Waals surface area contributed by atoms with E-state index in [4.69, 9.17) is 9.47 Å². The van der Waals surface area contributed by atoms with Gasteiger partial charge < -0.3 is 9.47 Å². The number of ketones is 1. The molecule has 0 aliphatic carbocycles. The number of hydrogen-bond acceptors (Lipinski definition) is 5. The minimum atomic E-state index is -0.695. The lowest BCUT2D eigenvalue weighted by Gasteiger charge is -2.20. The fourth-order valence-electron chi connectivity index (χ4n) is 2.36. The largest absolute Gasteiger partial charge is 0.347 e. The third-order valence-electron chi connectivity index (χ3n) is 3.53. The Bertz CT molecular complexity index is 632. The quantitative estimate of drug-likeness (QED) is 0.555. The van der Waals surface area contributed by atoms with Gasteiger partial charge in [-0.25, -0.2) is 0 Å². The molecule has 0 amide bonds. The molecule has 5 heteroatoms. The van der Waals surface area contributed by atoms with Crippen LogP contribution in [0.15, 0.2) is 70.5 Å². The Kier molecular flexibility index (Phi) is 5.66. The van der Waals surface area contributed by atoms with E-state index in [1.165, 1.54) is 0 Å². The first-order chi connectivity index (χ1) is 11.5. The van der Waals surface area contributed by atoms with E-state index in [0.717, 1.165) is 9.79 Å². The van der Waals surface area contributed by atoms with Crippen LogP contribution in [0.3, 0.4) is 0 Å². The molecule has 0 N–H and O–H groups in total. The molecule has 0 radical (unpaired) electrons. The lowest BCUT2D eigenvalue weighted by Crippen LogP contribution is -2.32. The van der Waals surface area contributed by atoms with Crippen molar-refractivity contribution in [3.63, 3.8) is 0 Å². The summed E-state index contributed by atoms with van der Waals surface area (Å²) < 4.78 is 11.1. The third-order valence-corrected chi connectivity index (χ3v) is 6.09. The molecule has 0 aromatic heterocycles. The molecule has 2 aromatic rings. The maximum Gasteiger partial charge on any atom is 0.187 e. The molecular formula is C19H20O3S2. The molecule has 1 aliphatic rings. The summed E-state index contributed by atoms with van der Waals surface area (Å²) in [6.45, 7) is 3.99. The molecule has 126 valence electrons. The van der Waals surface area contributed by atoms with Crippen molar-refractivity contribution in [2.45, 2.75) is 40.1 Å². The van der Waals surface area contributed by atoms with Crippen LogP contribution in [0.4, 0.5) is 0 Å². The summed E-state index contributed by atoms with van der Waals surface area (Å²) >= 11 is 3.11. The van der Waals surface area contributed by atoms with Crippen LogP contribution in [0.25, 0.3) is 0 Å². The second-order valence-electron chi connectivity index (χ2n) is 5.91. The minimum absolute atomic E-state index is 0.0586. The number of rotatable bonds is 6. The zero-order chi connectivity index (χ0) is 17.0. The average molecular weight is 361 g/mol. The molecule has 1 fully saturated rings. The van der Waals surface area contributed by atoms with Gasteiger partial charge >= 0.3 is 0 Å². The Morgan fingerprint density at radius 1 is 1.00 bits per heavy atom. The normalized spacial score (nSPS) is 19.5. The Hall–Kier alpha value is -1.27. The Balaban J connectivity index is 1.77. The number of thioether (sulfide) groups is 2. The summed E-state index contributed by atoms with van der Waals surface area (Å²) in [5.41, 5.74) is 0. The Morgan fingerprint density at radius 3 is 1.92 bits per heavy atom. The molecule has 1 aliphatic heterocycles. The topological polar surface area (TPSA) is 35.5 Å². The predicted octanol–water partition coefficient (Wildman–Crippen LogP) is 4.62. The summed E-state index contributed by atoms with van der Waals surface area (Å²) in [5, 5.41) is 0. The van der Waals surface area contributed by atoms with Gasteiger partial charge in [0.2, 0.25) is 0 Å². The van der Waals surface area contributed by atoms with E-state index in [-0.39, 0.29) is 10.4 Å². The van der Waals surface area contributed by atoms with Crippen molar-refractivity contribution < 1.29 is 14.3 Å². The number of hydrogen-bond donors (Lipinski definition) is 0. The highest BCUT2D eigenvalue weighted by atomic mass is 32.2. The molecule has 0 spiro atoms. The van der Waals surface area contributed by atoms with E-state index in [9.17, 15) is 4.79 Å². The smallest absolute Gasteiger partial charge is 0.187 e. The van der Waals surface area contributed by atoms with Crippen molar-refractivity contribution in [1.29, 1.82) is 0 Å². The zero-order valence-electron chi connectivity index (χ0n) is 13.7. The molecule has 1 atom stereocenters. The number of carbonyl (C=O) groups is 1. The monoisotopic (exact) mass is 360 g/mol. The molecule has 1 heterocycles. The van der Waals surface area contributed by atoms with Gasteiger partial charge in [-0.2, -0.15) is 0 Å². The van der Waals surface area contributed by atoms with Crippen LogP contribution in [0.5, 0.6) is 0 Å². The van der Waals surface area contributed by atoms with Gasteiger partial charge in [-0.15, -0.1) is 23.5 Å². The van der Waals surface area contributed by atoms with Crippen LogP contribution in [0.2, 0.25) is 0 Å². The van der Waals surface area contributed by atoms with Crippen molar-refractivity contribution >= 4 is 29.3 Å². The highest BCUT2D eigenvalue weighted by molar-refractivity contribution is 8.18. The first kappa shape index (κ1) is 17.5. The van der Waals surface area contributed by atoms with Gasteiger partial charge in [0.15, 0.2) is 11.6 Å². The van der Waals surface area contributed by atoms with Crippen molar-refractivity contribution in [2.24, 2.45) is 0 Å². The van der Waals surface area contributed by atoms with Crippen LogP contribution < -0.4 is 0 Å². The van der Waals surface area contributed by atoms with Crippen molar-refractivity contribution in [3.8, 4) is 0 Å². The number of ether oxygens (including phenoxy) is 2. The van der Waals surface area contributed by atoms with Gasteiger partial charge in [-0.05, 0) is 38.1 Å². The molecule has 24 heavy (non-hydrogen) atoms. The lowest BCUT2D eigenvalue weighted by molar-refractivity contribution is -0.150. The summed E-state index contributed by atoms with van der Waals surface area (Å²) in [4.78, 5) is 15.1. The Morgan fingerprint density at radius 2 is 1.50 bits per heavy atom. The van der Waals surface area contributed by atoms with Gasteiger partial charge in [-0.3, -0.25) is 4.79 Å². The number of carbonyl (C=O) groups excluding carboxylic acids is 1. The average Bonchev–Trinajstić information content (AvgIpc) is 2.95. The zero-order valence-corrected chi connectivity index (χ0v) is 15.3. The summed E-state index contributed by atoms with van der Waals surface area (Å²) in [5.74, 6) is -0.636. The van der Waals surface area contributed by atoms with Gasteiger partial charge in [0.1, 0.15) is 10.7 Å². The predicted molar refractivity (Wildman–Crippen MR) is 98.3 cm³/mol. The molecular weight excluding hydrogens is 340 g/mol. The van der Waals surface area contributed by atoms with Crippen LogP contribution in [0.1, 0.15) is 13.8 Å². The van der Waals surface area contributed by atoms with Crippen LogP contribution in [0, 0.1) is 0 Å². The molecule has 3 rings (SSSR count). The van der Waals surface area contributed by atoms with Crippen molar-refractivity contribution in [3.05, 3.63) is 60.7 Å². The van der Waals surface area contributed by atoms with Crippen LogP contribution in [-0.4, -0.2) is 28.9 Å². The standard InChI is InChI=1S/C19H20O3S2/c1-19(2)21-13-16(22-19)17(20)18(23-14-9-5-3-6-10-14)24-15-11-7-4-8-12-15/h3-12,16,18H,13H2,1-2H3. The maximum atomic E-state index is 13.0. The van der Waals surface area contributed by atoms with Gasteiger partial charge in [0.05, 0.1) is 6.61 Å². The second kappa shape index (κ2) is 7.74. The van der Waals surface area contributed by atoms with Crippen molar-refractivity contribution in [1.82, 2.24) is 0 Å². The van der Waals surface area contributed by atoms with Crippen LogP contribution in [-0.2, 0) is 14.3 Å². The highest BCUT2D eigenvalue weighted by Gasteiger charge is 2.40. The summed E-state index contributed by atoms with van der Waals surface area (Å²) in [7, 11) is 0. The molecule has 1 unspecified atom stereocenters. The second-order valence-corrected chi connectivity index (χ2v) is 8.57. The summed E-state index contributed by atoms with van der Waals surface area (Å²) in [6.07, 6.45) is -0.516. The minimum Gasteiger partial charge on any atom is -0.347 e. The lowest BCUT2D eigenvalue weighted by atomic mass is 10.3. The van der Waals surface area contributed by atoms with E-state index in [1.54, 1.807) is 23.5 Å². The molecule has 0 bridgehead atoms. The van der Waals surface area contributed by atoms with E-state index in [1.807, 2.05) is 74.5 Å². The molecule has 3 nitrogen and oxygen atoms in total. The van der Waals surface area contributed by atoms with Gasteiger partial charge in [0.25, 0.3) is 0 Å². The Labute approximate surface area is 151 Å². The van der Waals surface area contributed by atoms with E-state index < -0.39 is 11.9 Å². The number of Topliss-reactive ketones (excluding diaryl/α,β-unsaturated/α-hetero) is 1. The SMILES string of the molecule is CC1(C)OCC(C(=O)C(Sc2ccccc2)Sc2ccccc2)O1. The van der Waals surface area contributed by atoms with Gasteiger partial charge in [-0.1, -0.05) is 36.4 Å². The van der Waals surface area contributed by atoms with Crippen LogP contribution >= 0.6 is 23.5 Å².